The molecule has 0 amide bonds. The zero-order chi connectivity index (χ0) is 16.1. The summed E-state index contributed by atoms with van der Waals surface area (Å²) in [5.41, 5.74) is 2.57. The van der Waals surface area contributed by atoms with E-state index < -0.39 is 0 Å². The SMILES string of the molecule is N#Cc1cccc(CN(Cc2nnsc2Cl)C[C@@H]2CCCO2)c1. The normalized spacial score (nSPS) is 17.5. The lowest BCUT2D eigenvalue weighted by Crippen LogP contribution is -2.31. The Balaban J connectivity index is 1.73. The Morgan fingerprint density at radius 1 is 1.43 bits per heavy atom. The molecule has 1 aliphatic heterocycles. The van der Waals surface area contributed by atoms with Gasteiger partial charge in [0.05, 0.1) is 17.7 Å². The second-order valence-corrected chi connectivity index (χ2v) is 6.97. The maximum atomic E-state index is 9.05. The molecule has 120 valence electrons. The van der Waals surface area contributed by atoms with Gasteiger partial charge < -0.3 is 4.74 Å². The van der Waals surface area contributed by atoms with Crippen molar-refractivity contribution in [2.24, 2.45) is 0 Å². The zero-order valence-corrected chi connectivity index (χ0v) is 14.2. The van der Waals surface area contributed by atoms with Gasteiger partial charge in [-0.15, -0.1) is 5.10 Å². The molecule has 1 atom stereocenters. The number of aromatic nitrogens is 2. The highest BCUT2D eigenvalue weighted by atomic mass is 35.5. The van der Waals surface area contributed by atoms with Crippen LogP contribution in [0.3, 0.4) is 0 Å². The number of nitriles is 1. The van der Waals surface area contributed by atoms with Crippen molar-refractivity contribution in [3.8, 4) is 6.07 Å². The molecule has 5 nitrogen and oxygen atoms in total. The van der Waals surface area contributed by atoms with E-state index in [0.717, 1.165) is 43.8 Å². The van der Waals surface area contributed by atoms with E-state index in [2.05, 4.69) is 20.6 Å². The second kappa shape index (κ2) is 7.84. The molecule has 0 spiro atoms. The fraction of sp³-hybridized carbons (Fsp3) is 0.438. The van der Waals surface area contributed by atoms with E-state index >= 15 is 0 Å². The van der Waals surface area contributed by atoms with Crippen molar-refractivity contribution < 1.29 is 4.74 Å². The average Bonchev–Trinajstić information content (AvgIpc) is 3.20. The van der Waals surface area contributed by atoms with Gasteiger partial charge in [0.2, 0.25) is 0 Å². The summed E-state index contributed by atoms with van der Waals surface area (Å²) < 4.78 is 10.3. The summed E-state index contributed by atoms with van der Waals surface area (Å²) in [7, 11) is 0. The van der Waals surface area contributed by atoms with E-state index in [-0.39, 0.29) is 6.10 Å². The molecule has 0 unspecified atom stereocenters. The Hall–Kier alpha value is -1.52. The van der Waals surface area contributed by atoms with Crippen LogP contribution in [0.1, 0.15) is 29.7 Å². The predicted octanol–water partition coefficient (Wildman–Crippen LogP) is 3.24. The largest absolute Gasteiger partial charge is 0.377 e. The third-order valence-electron chi connectivity index (χ3n) is 3.83. The first-order valence-electron chi connectivity index (χ1n) is 7.54. The smallest absolute Gasteiger partial charge is 0.138 e. The predicted molar refractivity (Wildman–Crippen MR) is 89.2 cm³/mol. The van der Waals surface area contributed by atoms with Crippen LogP contribution in [0.2, 0.25) is 4.34 Å². The molecule has 23 heavy (non-hydrogen) atoms. The quantitative estimate of drug-likeness (QED) is 0.801. The Morgan fingerprint density at radius 3 is 3.04 bits per heavy atom. The third-order valence-corrected chi connectivity index (χ3v) is 4.82. The molecule has 0 bridgehead atoms. The van der Waals surface area contributed by atoms with E-state index in [0.29, 0.717) is 16.4 Å². The first kappa shape index (κ1) is 16.3. The van der Waals surface area contributed by atoms with E-state index in [1.54, 1.807) is 0 Å². The zero-order valence-electron chi connectivity index (χ0n) is 12.6. The van der Waals surface area contributed by atoms with Gasteiger partial charge in [0.25, 0.3) is 0 Å². The minimum absolute atomic E-state index is 0.250. The molecule has 0 saturated carbocycles. The van der Waals surface area contributed by atoms with E-state index in [4.69, 9.17) is 21.6 Å². The number of hydrogen-bond acceptors (Lipinski definition) is 6. The van der Waals surface area contributed by atoms with Crippen molar-refractivity contribution in [2.75, 3.05) is 13.2 Å². The molecule has 0 N–H and O–H groups in total. The van der Waals surface area contributed by atoms with Crippen LogP contribution in [-0.4, -0.2) is 33.7 Å². The number of ether oxygens (including phenoxy) is 1. The van der Waals surface area contributed by atoms with Crippen molar-refractivity contribution in [1.82, 2.24) is 14.5 Å². The third kappa shape index (κ3) is 4.49. The van der Waals surface area contributed by atoms with Crippen LogP contribution in [0.25, 0.3) is 0 Å². The molecule has 1 saturated heterocycles. The molecular formula is C16H17ClN4OS. The molecule has 0 radical (unpaired) electrons. The van der Waals surface area contributed by atoms with Crippen LogP contribution >= 0.6 is 23.1 Å². The van der Waals surface area contributed by atoms with Gasteiger partial charge in [-0.1, -0.05) is 28.2 Å². The van der Waals surface area contributed by atoms with Gasteiger partial charge in [0, 0.05) is 37.8 Å². The lowest BCUT2D eigenvalue weighted by atomic mass is 10.1. The standard InChI is InChI=1S/C16H17ClN4OS/c17-16-15(19-20-23-16)11-21(10-14-5-2-6-22-14)9-13-4-1-3-12(7-13)8-18/h1,3-4,7,14H,2,5-6,9-11H2/t14-/m0/s1. The molecular weight excluding hydrogens is 332 g/mol. The summed E-state index contributed by atoms with van der Waals surface area (Å²) in [4.78, 5) is 2.26. The molecule has 2 heterocycles. The summed E-state index contributed by atoms with van der Waals surface area (Å²) in [6.07, 6.45) is 2.44. The number of halogens is 1. The van der Waals surface area contributed by atoms with Gasteiger partial charge >= 0.3 is 0 Å². The Kier molecular flexibility index (Phi) is 5.57. The molecule has 1 aromatic heterocycles. The highest BCUT2D eigenvalue weighted by molar-refractivity contribution is 7.10. The van der Waals surface area contributed by atoms with Crippen molar-refractivity contribution in [3.05, 3.63) is 45.4 Å². The number of rotatable bonds is 6. The summed E-state index contributed by atoms with van der Waals surface area (Å²) >= 11 is 7.35. The first-order valence-corrected chi connectivity index (χ1v) is 8.69. The van der Waals surface area contributed by atoms with Gasteiger partial charge in [0.15, 0.2) is 0 Å². The van der Waals surface area contributed by atoms with Crippen LogP contribution in [0.4, 0.5) is 0 Å². The lowest BCUT2D eigenvalue weighted by Gasteiger charge is -2.24. The molecule has 1 aromatic carbocycles. The van der Waals surface area contributed by atoms with Crippen molar-refractivity contribution in [1.29, 1.82) is 5.26 Å². The van der Waals surface area contributed by atoms with Crippen molar-refractivity contribution >= 4 is 23.1 Å². The minimum Gasteiger partial charge on any atom is -0.377 e. The fourth-order valence-electron chi connectivity index (χ4n) is 2.76. The van der Waals surface area contributed by atoms with Gasteiger partial charge in [0.1, 0.15) is 10.0 Å². The minimum atomic E-state index is 0.250. The van der Waals surface area contributed by atoms with Gasteiger partial charge in [-0.05, 0) is 30.5 Å². The lowest BCUT2D eigenvalue weighted by molar-refractivity contribution is 0.0675. The first-order chi connectivity index (χ1) is 11.2. The monoisotopic (exact) mass is 348 g/mol. The maximum absolute atomic E-state index is 9.05. The van der Waals surface area contributed by atoms with E-state index in [9.17, 15) is 0 Å². The molecule has 7 heteroatoms. The molecule has 0 aliphatic carbocycles. The van der Waals surface area contributed by atoms with Crippen LogP contribution in [0, 0.1) is 11.3 Å². The highest BCUT2D eigenvalue weighted by Gasteiger charge is 2.21. The van der Waals surface area contributed by atoms with Crippen LogP contribution in [-0.2, 0) is 17.8 Å². The molecule has 2 aromatic rings. The number of nitrogens with zero attached hydrogens (tertiary/aromatic N) is 4. The summed E-state index contributed by atoms with van der Waals surface area (Å²) in [6.45, 7) is 3.02. The molecule has 1 aliphatic rings. The Labute approximate surface area is 144 Å². The highest BCUT2D eigenvalue weighted by Crippen LogP contribution is 2.22. The number of hydrogen-bond donors (Lipinski definition) is 0. The van der Waals surface area contributed by atoms with Crippen LogP contribution in [0.15, 0.2) is 24.3 Å². The Morgan fingerprint density at radius 2 is 2.35 bits per heavy atom. The molecule has 3 rings (SSSR count). The van der Waals surface area contributed by atoms with E-state index in [1.165, 1.54) is 11.5 Å². The van der Waals surface area contributed by atoms with Crippen molar-refractivity contribution in [3.63, 3.8) is 0 Å². The number of benzene rings is 1. The topological polar surface area (TPSA) is 62.0 Å². The summed E-state index contributed by atoms with van der Waals surface area (Å²) in [6, 6.07) is 9.86. The van der Waals surface area contributed by atoms with Crippen molar-refractivity contribution in [2.45, 2.75) is 32.0 Å². The fourth-order valence-corrected chi connectivity index (χ4v) is 3.37. The average molecular weight is 349 g/mol. The van der Waals surface area contributed by atoms with E-state index in [1.807, 2.05) is 24.3 Å². The second-order valence-electron chi connectivity index (χ2n) is 5.61. The summed E-state index contributed by atoms with van der Waals surface area (Å²) in [5, 5.41) is 13.2. The van der Waals surface area contributed by atoms with Crippen LogP contribution < -0.4 is 0 Å². The van der Waals surface area contributed by atoms with Gasteiger partial charge in [-0.2, -0.15) is 5.26 Å². The maximum Gasteiger partial charge on any atom is 0.138 e. The summed E-state index contributed by atoms with van der Waals surface area (Å²) in [5.74, 6) is 0. The Bertz CT molecular complexity index is 693. The van der Waals surface area contributed by atoms with Gasteiger partial charge in [-0.25, -0.2) is 0 Å². The van der Waals surface area contributed by atoms with Crippen LogP contribution in [0.5, 0.6) is 0 Å². The van der Waals surface area contributed by atoms with Gasteiger partial charge in [-0.3, -0.25) is 4.90 Å². The molecule has 1 fully saturated rings.